The van der Waals surface area contributed by atoms with Crippen molar-refractivity contribution < 1.29 is 4.74 Å². The number of benzene rings is 1. The van der Waals surface area contributed by atoms with Crippen LogP contribution in [-0.2, 0) is 0 Å². The van der Waals surface area contributed by atoms with Gasteiger partial charge in [0.15, 0.2) is 0 Å². The van der Waals surface area contributed by atoms with E-state index in [2.05, 4.69) is 60.6 Å². The molecule has 0 unspecified atom stereocenters. The number of hydrogen-bond donors (Lipinski definition) is 0. The number of aryl methyl sites for hydroxylation is 1. The molecule has 2 fully saturated rings. The first kappa shape index (κ1) is 19.5. The minimum Gasteiger partial charge on any atom is -0.495 e. The number of piperidine rings is 1. The zero-order chi connectivity index (χ0) is 18.7. The Bertz CT molecular complexity index is 580. The first-order chi connectivity index (χ1) is 12.4. The highest BCUT2D eigenvalue weighted by atomic mass is 16.5. The molecule has 26 heavy (non-hydrogen) atoms. The predicted molar refractivity (Wildman–Crippen MR) is 110 cm³/mol. The lowest BCUT2D eigenvalue weighted by atomic mass is 9.92. The number of anilines is 1. The molecule has 2 saturated heterocycles. The SMILES string of the molecule is COc1cc(C)ccc1N1CCN(CC2CCN(C(C)(C)C)CC2)CC1. The molecule has 1 aromatic rings. The van der Waals surface area contributed by atoms with E-state index in [0.29, 0.717) is 5.54 Å². The second-order valence-electron chi connectivity index (χ2n) is 9.06. The molecule has 2 aliphatic rings. The number of rotatable bonds is 4. The largest absolute Gasteiger partial charge is 0.495 e. The van der Waals surface area contributed by atoms with Gasteiger partial charge in [0, 0.05) is 38.3 Å². The summed E-state index contributed by atoms with van der Waals surface area (Å²) in [5, 5.41) is 0. The number of piperazine rings is 1. The second kappa shape index (κ2) is 8.18. The van der Waals surface area contributed by atoms with Crippen molar-refractivity contribution >= 4 is 5.69 Å². The Labute approximate surface area is 160 Å². The van der Waals surface area contributed by atoms with E-state index in [1.807, 2.05) is 0 Å². The van der Waals surface area contributed by atoms with Gasteiger partial charge >= 0.3 is 0 Å². The molecule has 4 heteroatoms. The fraction of sp³-hybridized carbons (Fsp3) is 0.727. The number of nitrogens with zero attached hydrogens (tertiary/aromatic N) is 3. The Morgan fingerprint density at radius 2 is 1.65 bits per heavy atom. The lowest BCUT2D eigenvalue weighted by Crippen LogP contribution is -2.50. The molecule has 2 aliphatic heterocycles. The third-order valence-corrected chi connectivity index (χ3v) is 6.13. The van der Waals surface area contributed by atoms with Gasteiger partial charge in [-0.2, -0.15) is 0 Å². The minimum absolute atomic E-state index is 0.323. The van der Waals surface area contributed by atoms with Crippen molar-refractivity contribution in [2.45, 2.75) is 46.1 Å². The van der Waals surface area contributed by atoms with Crippen LogP contribution >= 0.6 is 0 Å². The summed E-state index contributed by atoms with van der Waals surface area (Å²) in [5.74, 6) is 1.88. The molecule has 2 heterocycles. The number of methoxy groups -OCH3 is 1. The Hall–Kier alpha value is -1.26. The van der Waals surface area contributed by atoms with Gasteiger partial charge in [-0.15, -0.1) is 0 Å². The summed E-state index contributed by atoms with van der Waals surface area (Å²) >= 11 is 0. The van der Waals surface area contributed by atoms with Crippen LogP contribution in [0.3, 0.4) is 0 Å². The molecule has 0 amide bonds. The maximum atomic E-state index is 5.61. The van der Waals surface area contributed by atoms with Crippen molar-refractivity contribution in [2.24, 2.45) is 5.92 Å². The standard InChI is InChI=1S/C22H37N3O/c1-18-6-7-20(21(16-18)26-5)24-14-12-23(13-15-24)17-19-8-10-25(11-9-19)22(2,3)4/h6-7,16,19H,8-15,17H2,1-5H3. The summed E-state index contributed by atoms with van der Waals surface area (Å²) in [6, 6.07) is 6.55. The first-order valence-corrected chi connectivity index (χ1v) is 10.2. The average Bonchev–Trinajstić information content (AvgIpc) is 2.62. The van der Waals surface area contributed by atoms with Crippen LogP contribution in [0, 0.1) is 12.8 Å². The molecule has 4 nitrogen and oxygen atoms in total. The molecular formula is C22H37N3O. The Kier molecular flexibility index (Phi) is 6.13. The van der Waals surface area contributed by atoms with Gasteiger partial charge in [0.05, 0.1) is 12.8 Å². The third-order valence-electron chi connectivity index (χ3n) is 6.13. The summed E-state index contributed by atoms with van der Waals surface area (Å²) in [7, 11) is 1.78. The van der Waals surface area contributed by atoms with Crippen LogP contribution in [0.4, 0.5) is 5.69 Å². The summed E-state index contributed by atoms with van der Waals surface area (Å²) in [5.41, 5.74) is 2.83. The normalized spacial score (nSPS) is 21.2. The van der Waals surface area contributed by atoms with Gasteiger partial charge in [0.2, 0.25) is 0 Å². The van der Waals surface area contributed by atoms with Crippen molar-refractivity contribution in [1.29, 1.82) is 0 Å². The summed E-state index contributed by atoms with van der Waals surface area (Å²) in [6.45, 7) is 17.5. The lowest BCUT2D eigenvalue weighted by Gasteiger charge is -2.43. The molecule has 1 aromatic carbocycles. The maximum absolute atomic E-state index is 5.61. The monoisotopic (exact) mass is 359 g/mol. The molecule has 146 valence electrons. The fourth-order valence-electron chi connectivity index (χ4n) is 4.37. The maximum Gasteiger partial charge on any atom is 0.142 e. The van der Waals surface area contributed by atoms with Crippen LogP contribution < -0.4 is 9.64 Å². The van der Waals surface area contributed by atoms with Gasteiger partial charge < -0.3 is 9.64 Å². The van der Waals surface area contributed by atoms with Crippen molar-refractivity contribution in [3.8, 4) is 5.75 Å². The number of hydrogen-bond acceptors (Lipinski definition) is 4. The first-order valence-electron chi connectivity index (χ1n) is 10.2. The van der Waals surface area contributed by atoms with Gasteiger partial charge in [-0.3, -0.25) is 9.80 Å². The highest BCUT2D eigenvalue weighted by Gasteiger charge is 2.28. The molecule has 0 atom stereocenters. The zero-order valence-corrected chi connectivity index (χ0v) is 17.4. The molecule has 0 saturated carbocycles. The van der Waals surface area contributed by atoms with Crippen molar-refractivity contribution in [2.75, 3.05) is 57.8 Å². The summed E-state index contributed by atoms with van der Waals surface area (Å²) < 4.78 is 5.61. The Morgan fingerprint density at radius 1 is 1.00 bits per heavy atom. The molecule has 0 aliphatic carbocycles. The molecule has 0 bridgehead atoms. The van der Waals surface area contributed by atoms with Crippen LogP contribution in [0.1, 0.15) is 39.2 Å². The number of ether oxygens (including phenoxy) is 1. The van der Waals surface area contributed by atoms with Crippen LogP contribution in [0.2, 0.25) is 0 Å². The zero-order valence-electron chi connectivity index (χ0n) is 17.4. The van der Waals surface area contributed by atoms with Crippen molar-refractivity contribution in [3.05, 3.63) is 23.8 Å². The third kappa shape index (κ3) is 4.72. The van der Waals surface area contributed by atoms with Gasteiger partial charge in [0.1, 0.15) is 5.75 Å². The molecule has 0 N–H and O–H groups in total. The van der Waals surface area contributed by atoms with E-state index in [0.717, 1.165) is 37.8 Å². The Balaban J connectivity index is 1.48. The smallest absolute Gasteiger partial charge is 0.142 e. The van der Waals surface area contributed by atoms with Crippen LogP contribution in [0.15, 0.2) is 18.2 Å². The van der Waals surface area contributed by atoms with E-state index < -0.39 is 0 Å². The molecule has 3 rings (SSSR count). The van der Waals surface area contributed by atoms with E-state index in [-0.39, 0.29) is 0 Å². The predicted octanol–water partition coefficient (Wildman–Crippen LogP) is 3.64. The topological polar surface area (TPSA) is 19.0 Å². The highest BCUT2D eigenvalue weighted by Crippen LogP contribution is 2.30. The molecule has 0 aromatic heterocycles. The van der Waals surface area contributed by atoms with Gasteiger partial charge in [0.25, 0.3) is 0 Å². The van der Waals surface area contributed by atoms with Crippen LogP contribution in [-0.4, -0.2) is 68.3 Å². The quantitative estimate of drug-likeness (QED) is 0.817. The van der Waals surface area contributed by atoms with Crippen molar-refractivity contribution in [1.82, 2.24) is 9.80 Å². The minimum atomic E-state index is 0.323. The summed E-state index contributed by atoms with van der Waals surface area (Å²) in [6.07, 6.45) is 2.70. The second-order valence-corrected chi connectivity index (χ2v) is 9.06. The van der Waals surface area contributed by atoms with Crippen molar-refractivity contribution in [3.63, 3.8) is 0 Å². The summed E-state index contributed by atoms with van der Waals surface area (Å²) in [4.78, 5) is 7.80. The number of likely N-dealkylation sites (tertiary alicyclic amines) is 1. The van der Waals surface area contributed by atoms with Crippen LogP contribution in [0.25, 0.3) is 0 Å². The van der Waals surface area contributed by atoms with E-state index in [4.69, 9.17) is 4.74 Å². The van der Waals surface area contributed by atoms with E-state index in [1.54, 1.807) is 7.11 Å². The molecular weight excluding hydrogens is 322 g/mol. The molecule has 0 radical (unpaired) electrons. The Morgan fingerprint density at radius 3 is 2.23 bits per heavy atom. The lowest BCUT2D eigenvalue weighted by molar-refractivity contribution is 0.0735. The average molecular weight is 360 g/mol. The highest BCUT2D eigenvalue weighted by molar-refractivity contribution is 5.60. The van der Waals surface area contributed by atoms with Gasteiger partial charge in [-0.25, -0.2) is 0 Å². The van der Waals surface area contributed by atoms with Crippen LogP contribution in [0.5, 0.6) is 5.75 Å². The van der Waals surface area contributed by atoms with E-state index in [1.165, 1.54) is 43.7 Å². The molecule has 0 spiro atoms. The van der Waals surface area contributed by atoms with Gasteiger partial charge in [-0.05, 0) is 77.2 Å². The van der Waals surface area contributed by atoms with E-state index >= 15 is 0 Å². The van der Waals surface area contributed by atoms with Gasteiger partial charge in [-0.1, -0.05) is 6.07 Å². The fourth-order valence-corrected chi connectivity index (χ4v) is 4.37. The van der Waals surface area contributed by atoms with E-state index in [9.17, 15) is 0 Å².